The Bertz CT molecular complexity index is 770. The molecule has 120 valence electrons. The Kier molecular flexibility index (Phi) is 4.08. The van der Waals surface area contributed by atoms with E-state index < -0.39 is 0 Å². The third kappa shape index (κ3) is 3.36. The second-order valence-corrected chi connectivity index (χ2v) is 5.62. The highest BCUT2D eigenvalue weighted by Gasteiger charge is 2.23. The maximum atomic E-state index is 5.30. The van der Waals surface area contributed by atoms with Crippen LogP contribution in [0.5, 0.6) is 0 Å². The summed E-state index contributed by atoms with van der Waals surface area (Å²) in [7, 11) is 0. The summed E-state index contributed by atoms with van der Waals surface area (Å²) in [6, 6.07) is 20.2. The van der Waals surface area contributed by atoms with Crippen molar-refractivity contribution in [2.45, 2.75) is 12.6 Å². The van der Waals surface area contributed by atoms with Crippen molar-refractivity contribution >= 4 is 17.6 Å². The maximum absolute atomic E-state index is 5.30. The lowest BCUT2D eigenvalue weighted by molar-refractivity contribution is 0.382. The summed E-state index contributed by atoms with van der Waals surface area (Å²) >= 11 is 0. The molecule has 0 aliphatic carbocycles. The van der Waals surface area contributed by atoms with E-state index in [9.17, 15) is 0 Å². The van der Waals surface area contributed by atoms with Gasteiger partial charge in [0, 0.05) is 12.4 Å². The number of hydrazone groups is 1. The number of para-hydroxylation sites is 2. The van der Waals surface area contributed by atoms with Crippen LogP contribution in [0.1, 0.15) is 5.82 Å². The monoisotopic (exact) mass is 318 g/mol. The van der Waals surface area contributed by atoms with E-state index in [2.05, 4.69) is 14.7 Å². The molecule has 1 fully saturated rings. The van der Waals surface area contributed by atoms with Gasteiger partial charge in [-0.15, -0.1) is 0 Å². The van der Waals surface area contributed by atoms with Gasteiger partial charge in [-0.05, 0) is 24.3 Å². The Morgan fingerprint density at radius 3 is 2.29 bits per heavy atom. The lowest BCUT2D eigenvalue weighted by Gasteiger charge is -2.19. The van der Waals surface area contributed by atoms with Gasteiger partial charge in [0.2, 0.25) is 0 Å². The van der Waals surface area contributed by atoms with Crippen LogP contribution >= 0.6 is 0 Å². The molecule has 1 aliphatic rings. The molecule has 0 radical (unpaired) electrons. The van der Waals surface area contributed by atoms with Crippen molar-refractivity contribution < 1.29 is 4.74 Å². The topological polar surface area (TPSA) is 46.0 Å². The summed E-state index contributed by atoms with van der Waals surface area (Å²) in [5, 5.41) is 6.59. The molecule has 2 aromatic carbocycles. The predicted molar refractivity (Wildman–Crippen MR) is 94.6 cm³/mol. The maximum Gasteiger partial charge on any atom is 0.152 e. The van der Waals surface area contributed by atoms with E-state index in [0.29, 0.717) is 6.10 Å². The molecule has 0 saturated carbocycles. The van der Waals surface area contributed by atoms with Crippen LogP contribution in [0.2, 0.25) is 0 Å². The fraction of sp³-hybridized carbons (Fsp3) is 0.158. The van der Waals surface area contributed by atoms with Gasteiger partial charge >= 0.3 is 0 Å². The number of epoxide rings is 1. The van der Waals surface area contributed by atoms with Crippen LogP contribution in [0.25, 0.3) is 0 Å². The number of benzene rings is 2. The van der Waals surface area contributed by atoms with Crippen molar-refractivity contribution in [3.8, 4) is 0 Å². The Morgan fingerprint density at radius 2 is 1.71 bits per heavy atom. The fourth-order valence-corrected chi connectivity index (χ4v) is 2.53. The van der Waals surface area contributed by atoms with Gasteiger partial charge in [-0.1, -0.05) is 36.4 Å². The van der Waals surface area contributed by atoms with Gasteiger partial charge in [-0.2, -0.15) is 5.10 Å². The summed E-state index contributed by atoms with van der Waals surface area (Å²) in [4.78, 5) is 4.39. The molecule has 1 atom stereocenters. The minimum absolute atomic E-state index is 0.311. The highest BCUT2D eigenvalue weighted by Crippen LogP contribution is 2.25. The number of rotatable bonds is 6. The number of nitrogens with zero attached hydrogens (tertiary/aromatic N) is 4. The molecule has 0 bridgehead atoms. The summed E-state index contributed by atoms with van der Waals surface area (Å²) < 4.78 is 7.36. The molecule has 3 aromatic rings. The number of imidazole rings is 1. The van der Waals surface area contributed by atoms with Crippen LogP contribution in [-0.2, 0) is 11.3 Å². The van der Waals surface area contributed by atoms with Crippen LogP contribution in [0.4, 0.5) is 11.4 Å². The number of hydrogen-bond donors (Lipinski definition) is 0. The van der Waals surface area contributed by atoms with Gasteiger partial charge < -0.3 is 9.30 Å². The lowest BCUT2D eigenvalue weighted by atomic mass is 10.2. The molecule has 1 aromatic heterocycles. The van der Waals surface area contributed by atoms with E-state index >= 15 is 0 Å². The van der Waals surface area contributed by atoms with Gasteiger partial charge in [0.25, 0.3) is 0 Å². The molecule has 5 nitrogen and oxygen atoms in total. The Morgan fingerprint density at radius 1 is 1.08 bits per heavy atom. The zero-order valence-corrected chi connectivity index (χ0v) is 13.2. The molecule has 2 heterocycles. The van der Waals surface area contributed by atoms with Crippen LogP contribution in [0.15, 0.2) is 78.2 Å². The Hall–Kier alpha value is -2.92. The van der Waals surface area contributed by atoms with E-state index in [4.69, 9.17) is 4.74 Å². The zero-order valence-electron chi connectivity index (χ0n) is 13.2. The zero-order chi connectivity index (χ0) is 16.2. The first-order valence-corrected chi connectivity index (χ1v) is 7.97. The normalized spacial score (nSPS) is 16.4. The summed E-state index contributed by atoms with van der Waals surface area (Å²) in [6.45, 7) is 1.65. The van der Waals surface area contributed by atoms with Gasteiger partial charge in [0.1, 0.15) is 0 Å². The molecule has 5 heteroatoms. The molecule has 0 N–H and O–H groups in total. The highest BCUT2D eigenvalue weighted by atomic mass is 16.6. The van der Waals surface area contributed by atoms with Gasteiger partial charge in [0.05, 0.1) is 36.8 Å². The minimum Gasteiger partial charge on any atom is -0.371 e. The standard InChI is InChI=1S/C19H18N4O/c1-3-7-16(8-4-1)23(17-9-5-2-6-10-17)21-13-19-20-11-12-22(19)14-18-15-24-18/h1-13,18H,14-15H2/b21-13+. The summed E-state index contributed by atoms with van der Waals surface area (Å²) in [6.07, 6.45) is 5.85. The minimum atomic E-state index is 0.311. The van der Waals surface area contributed by atoms with E-state index in [1.807, 2.05) is 71.9 Å². The van der Waals surface area contributed by atoms with Crippen molar-refractivity contribution in [3.63, 3.8) is 0 Å². The smallest absolute Gasteiger partial charge is 0.152 e. The summed E-state index contributed by atoms with van der Waals surface area (Å²) in [5.74, 6) is 0.822. The molecule has 0 spiro atoms. The van der Waals surface area contributed by atoms with Crippen molar-refractivity contribution in [2.75, 3.05) is 11.6 Å². The van der Waals surface area contributed by atoms with Crippen LogP contribution in [0, 0.1) is 0 Å². The second kappa shape index (κ2) is 6.68. The van der Waals surface area contributed by atoms with Crippen molar-refractivity contribution in [3.05, 3.63) is 78.9 Å². The molecule has 1 saturated heterocycles. The number of aromatic nitrogens is 2. The fourth-order valence-electron chi connectivity index (χ4n) is 2.53. The van der Waals surface area contributed by atoms with Crippen LogP contribution in [-0.4, -0.2) is 28.5 Å². The van der Waals surface area contributed by atoms with Crippen LogP contribution in [0.3, 0.4) is 0 Å². The second-order valence-electron chi connectivity index (χ2n) is 5.62. The van der Waals surface area contributed by atoms with E-state index in [1.165, 1.54) is 0 Å². The largest absolute Gasteiger partial charge is 0.371 e. The average Bonchev–Trinajstić information content (AvgIpc) is 3.35. The molecular weight excluding hydrogens is 300 g/mol. The van der Waals surface area contributed by atoms with Crippen molar-refractivity contribution in [1.29, 1.82) is 0 Å². The highest BCUT2D eigenvalue weighted by molar-refractivity contribution is 5.77. The van der Waals surface area contributed by atoms with E-state index in [-0.39, 0.29) is 0 Å². The Labute approximate surface area is 140 Å². The summed E-state index contributed by atoms with van der Waals surface area (Å²) in [5.41, 5.74) is 2.01. The third-order valence-electron chi connectivity index (χ3n) is 3.84. The molecule has 0 amide bonds. The predicted octanol–water partition coefficient (Wildman–Crippen LogP) is 3.45. The van der Waals surface area contributed by atoms with E-state index in [0.717, 1.165) is 30.4 Å². The molecule has 1 aliphatic heterocycles. The first-order valence-electron chi connectivity index (χ1n) is 7.97. The first-order chi connectivity index (χ1) is 11.9. The number of anilines is 2. The number of ether oxygens (including phenoxy) is 1. The quantitative estimate of drug-likeness (QED) is 0.397. The molecular formula is C19H18N4O. The Balaban J connectivity index is 1.63. The van der Waals surface area contributed by atoms with Crippen molar-refractivity contribution in [1.82, 2.24) is 9.55 Å². The SMILES string of the molecule is C(=N\N(c1ccccc1)c1ccccc1)/c1nccn1CC1CO1. The van der Waals surface area contributed by atoms with Crippen molar-refractivity contribution in [2.24, 2.45) is 5.10 Å². The first kappa shape index (κ1) is 14.7. The van der Waals surface area contributed by atoms with Gasteiger partial charge in [-0.25, -0.2) is 9.99 Å². The average molecular weight is 318 g/mol. The van der Waals surface area contributed by atoms with E-state index in [1.54, 1.807) is 12.4 Å². The number of hydrogen-bond acceptors (Lipinski definition) is 4. The molecule has 4 rings (SSSR count). The third-order valence-corrected chi connectivity index (χ3v) is 3.84. The van der Waals surface area contributed by atoms with Crippen LogP contribution < -0.4 is 5.01 Å². The lowest BCUT2D eigenvalue weighted by Crippen LogP contribution is -2.12. The van der Waals surface area contributed by atoms with Gasteiger partial charge in [0.15, 0.2) is 5.82 Å². The van der Waals surface area contributed by atoms with Gasteiger partial charge in [-0.3, -0.25) is 0 Å². The molecule has 24 heavy (non-hydrogen) atoms. The molecule has 1 unspecified atom stereocenters.